The number of aromatic amines is 1. The maximum atomic E-state index is 5.93. The van der Waals surface area contributed by atoms with Crippen molar-refractivity contribution in [2.45, 2.75) is 6.92 Å². The zero-order chi connectivity index (χ0) is 18.8. The molecular weight excluding hydrogens is 380 g/mol. The molecule has 0 saturated heterocycles. The Morgan fingerprint density at radius 2 is 1.74 bits per heavy atom. The van der Waals surface area contributed by atoms with Crippen molar-refractivity contribution in [3.63, 3.8) is 0 Å². The van der Waals surface area contributed by atoms with E-state index in [9.17, 15) is 0 Å². The molecule has 0 aliphatic rings. The van der Waals surface area contributed by atoms with Crippen LogP contribution in [0.15, 0.2) is 70.2 Å². The minimum atomic E-state index is 0.409. The molecule has 2 aromatic heterocycles. The van der Waals surface area contributed by atoms with Crippen molar-refractivity contribution in [1.82, 2.24) is 14.9 Å². The van der Waals surface area contributed by atoms with Crippen molar-refractivity contribution >= 4 is 30.0 Å². The summed E-state index contributed by atoms with van der Waals surface area (Å²) in [6.45, 7) is 2.04. The molecule has 4 aromatic rings. The molecule has 0 spiro atoms. The van der Waals surface area contributed by atoms with E-state index in [0.29, 0.717) is 21.4 Å². The topological polar surface area (TPSA) is 59.1 Å². The van der Waals surface area contributed by atoms with Gasteiger partial charge in [-0.3, -0.25) is 0 Å². The number of rotatable bonds is 4. The van der Waals surface area contributed by atoms with Crippen molar-refractivity contribution in [1.29, 1.82) is 0 Å². The van der Waals surface area contributed by atoms with E-state index in [4.69, 9.17) is 28.2 Å². The predicted molar refractivity (Wildman–Crippen MR) is 110 cm³/mol. The third-order valence-electron chi connectivity index (χ3n) is 4.02. The van der Waals surface area contributed by atoms with Crippen molar-refractivity contribution in [3.05, 3.63) is 81.8 Å². The van der Waals surface area contributed by atoms with Gasteiger partial charge >= 0.3 is 0 Å². The fourth-order valence-corrected chi connectivity index (χ4v) is 2.90. The highest BCUT2D eigenvalue weighted by molar-refractivity contribution is 7.71. The van der Waals surface area contributed by atoms with Gasteiger partial charge in [0.2, 0.25) is 4.77 Å². The van der Waals surface area contributed by atoms with Crippen LogP contribution in [0.3, 0.4) is 0 Å². The summed E-state index contributed by atoms with van der Waals surface area (Å²) in [7, 11) is 0. The lowest BCUT2D eigenvalue weighted by molar-refractivity contribution is 0.574. The Morgan fingerprint density at radius 1 is 1.04 bits per heavy atom. The van der Waals surface area contributed by atoms with Crippen LogP contribution < -0.4 is 0 Å². The fraction of sp³-hybridized carbons (Fsp3) is 0.0500. The molecule has 134 valence electrons. The van der Waals surface area contributed by atoms with E-state index in [1.807, 2.05) is 67.6 Å². The number of aromatic nitrogens is 3. The van der Waals surface area contributed by atoms with Crippen molar-refractivity contribution in [2.24, 2.45) is 5.10 Å². The number of H-pyrrole nitrogens is 1. The van der Waals surface area contributed by atoms with E-state index in [1.165, 1.54) is 5.56 Å². The molecule has 0 fully saturated rings. The van der Waals surface area contributed by atoms with Crippen LogP contribution in [0.2, 0.25) is 5.02 Å². The first kappa shape index (κ1) is 17.5. The lowest BCUT2D eigenvalue weighted by Crippen LogP contribution is -1.94. The minimum absolute atomic E-state index is 0.409. The third-order valence-corrected chi connectivity index (χ3v) is 4.53. The monoisotopic (exact) mass is 394 g/mol. The van der Waals surface area contributed by atoms with Crippen LogP contribution in [-0.4, -0.2) is 21.1 Å². The highest BCUT2D eigenvalue weighted by Gasteiger charge is 2.08. The maximum Gasteiger partial charge on any atom is 0.216 e. The molecule has 0 aliphatic heterocycles. The molecule has 5 nitrogen and oxygen atoms in total. The number of halogens is 1. The Kier molecular flexibility index (Phi) is 4.75. The second kappa shape index (κ2) is 7.34. The quantitative estimate of drug-likeness (QED) is 0.356. The van der Waals surface area contributed by atoms with E-state index >= 15 is 0 Å². The Bertz CT molecular complexity index is 1150. The van der Waals surface area contributed by atoms with Crippen LogP contribution >= 0.6 is 23.8 Å². The molecule has 0 bridgehead atoms. The zero-order valence-electron chi connectivity index (χ0n) is 14.4. The van der Waals surface area contributed by atoms with Gasteiger partial charge in [-0.1, -0.05) is 41.4 Å². The number of hydrogen-bond acceptors (Lipinski definition) is 4. The summed E-state index contributed by atoms with van der Waals surface area (Å²) < 4.78 is 7.82. The molecule has 0 amide bonds. The van der Waals surface area contributed by atoms with Crippen molar-refractivity contribution in [3.8, 4) is 22.7 Å². The molecule has 0 atom stereocenters. The first-order valence-corrected chi connectivity index (χ1v) is 9.03. The van der Waals surface area contributed by atoms with Crippen molar-refractivity contribution in [2.75, 3.05) is 0 Å². The maximum absolute atomic E-state index is 5.93. The van der Waals surface area contributed by atoms with Crippen molar-refractivity contribution < 1.29 is 4.42 Å². The molecule has 0 aliphatic carbocycles. The fourth-order valence-electron chi connectivity index (χ4n) is 2.59. The summed E-state index contributed by atoms with van der Waals surface area (Å²) in [5.41, 5.74) is 3.04. The highest BCUT2D eigenvalue weighted by atomic mass is 35.5. The SMILES string of the molecule is Cc1ccc(-c2n[nH]c(=S)n2/N=C/c2ccc(-c3ccc(Cl)cc3)o2)cc1. The third kappa shape index (κ3) is 3.77. The number of hydrogen-bond donors (Lipinski definition) is 1. The molecule has 27 heavy (non-hydrogen) atoms. The average Bonchev–Trinajstić information content (AvgIpc) is 3.28. The van der Waals surface area contributed by atoms with Gasteiger partial charge in [0.1, 0.15) is 11.5 Å². The largest absolute Gasteiger partial charge is 0.455 e. The van der Waals surface area contributed by atoms with E-state index < -0.39 is 0 Å². The van der Waals surface area contributed by atoms with E-state index in [0.717, 1.165) is 16.9 Å². The molecule has 0 saturated carbocycles. The Balaban J connectivity index is 1.62. The first-order chi connectivity index (χ1) is 13.1. The van der Waals surface area contributed by atoms with Gasteiger partial charge in [0.05, 0.1) is 6.21 Å². The predicted octanol–water partition coefficient (Wildman–Crippen LogP) is 5.71. The lowest BCUT2D eigenvalue weighted by atomic mass is 10.1. The van der Waals surface area contributed by atoms with E-state index in [1.54, 1.807) is 10.9 Å². The molecule has 7 heteroatoms. The summed E-state index contributed by atoms with van der Waals surface area (Å²) in [5, 5.41) is 12.2. The Morgan fingerprint density at radius 3 is 2.48 bits per heavy atom. The number of benzene rings is 2. The minimum Gasteiger partial charge on any atom is -0.455 e. The molecule has 0 radical (unpaired) electrons. The van der Waals surface area contributed by atoms with Crippen LogP contribution in [0, 0.1) is 11.7 Å². The Labute approximate surface area is 165 Å². The molecule has 2 heterocycles. The molecule has 1 N–H and O–H groups in total. The summed E-state index contributed by atoms with van der Waals surface area (Å²) in [6, 6.07) is 19.2. The first-order valence-electron chi connectivity index (χ1n) is 8.25. The van der Waals surface area contributed by atoms with Gasteiger partial charge in [-0.25, -0.2) is 5.10 Å². The standard InChI is InChI=1S/C20H15ClN4OS/c1-13-2-4-15(5-3-13)19-23-24-20(27)25(19)22-12-17-10-11-18(26-17)14-6-8-16(21)9-7-14/h2-12H,1H3,(H,24,27)/b22-12+. The van der Waals surface area contributed by atoms with Gasteiger partial charge in [-0.15, -0.1) is 0 Å². The average molecular weight is 395 g/mol. The zero-order valence-corrected chi connectivity index (χ0v) is 16.0. The summed E-state index contributed by atoms with van der Waals surface area (Å²) in [6.07, 6.45) is 1.61. The van der Waals surface area contributed by atoms with Gasteiger partial charge in [-0.2, -0.15) is 14.9 Å². The van der Waals surface area contributed by atoms with Crippen LogP contribution in [0.5, 0.6) is 0 Å². The molecule has 0 unspecified atom stereocenters. The smallest absolute Gasteiger partial charge is 0.216 e. The normalized spacial score (nSPS) is 11.3. The Hall–Kier alpha value is -2.96. The van der Waals surface area contributed by atoms with Gasteiger partial charge < -0.3 is 4.42 Å². The van der Waals surface area contributed by atoms with Crippen LogP contribution in [0.25, 0.3) is 22.7 Å². The summed E-state index contributed by atoms with van der Waals surface area (Å²) in [4.78, 5) is 0. The summed E-state index contributed by atoms with van der Waals surface area (Å²) in [5.74, 6) is 1.99. The van der Waals surface area contributed by atoms with Gasteiger partial charge in [0.15, 0.2) is 5.82 Å². The molecular formula is C20H15ClN4OS. The lowest BCUT2D eigenvalue weighted by Gasteiger charge is -2.01. The molecule has 4 rings (SSSR count). The number of nitrogens with one attached hydrogen (secondary N) is 1. The highest BCUT2D eigenvalue weighted by Crippen LogP contribution is 2.23. The van der Waals surface area contributed by atoms with Gasteiger partial charge in [0.25, 0.3) is 0 Å². The van der Waals surface area contributed by atoms with Crippen LogP contribution in [-0.2, 0) is 0 Å². The molecule has 2 aromatic carbocycles. The van der Waals surface area contributed by atoms with E-state index in [-0.39, 0.29) is 0 Å². The van der Waals surface area contributed by atoms with E-state index in [2.05, 4.69) is 15.3 Å². The number of aryl methyl sites for hydroxylation is 1. The van der Waals surface area contributed by atoms with Crippen LogP contribution in [0.4, 0.5) is 0 Å². The van der Waals surface area contributed by atoms with Crippen LogP contribution in [0.1, 0.15) is 11.3 Å². The number of nitrogens with zero attached hydrogens (tertiary/aromatic N) is 3. The van der Waals surface area contributed by atoms with Gasteiger partial charge in [-0.05, 0) is 55.5 Å². The second-order valence-electron chi connectivity index (χ2n) is 5.98. The second-order valence-corrected chi connectivity index (χ2v) is 6.81. The summed E-state index contributed by atoms with van der Waals surface area (Å²) >= 11 is 11.2. The number of furan rings is 1. The van der Waals surface area contributed by atoms with Gasteiger partial charge in [0, 0.05) is 16.1 Å².